The fourth-order valence-electron chi connectivity index (χ4n) is 2.56. The summed E-state index contributed by atoms with van der Waals surface area (Å²) >= 11 is 0. The molecule has 98 valence electrons. The van der Waals surface area contributed by atoms with Crippen LogP contribution in [-0.4, -0.2) is 30.4 Å². The van der Waals surface area contributed by atoms with Gasteiger partial charge in [-0.25, -0.2) is 0 Å². The van der Waals surface area contributed by atoms with Crippen LogP contribution in [0.3, 0.4) is 0 Å². The van der Waals surface area contributed by atoms with Gasteiger partial charge in [-0.1, -0.05) is 30.2 Å². The van der Waals surface area contributed by atoms with Crippen molar-refractivity contribution in [2.24, 2.45) is 11.7 Å². The van der Waals surface area contributed by atoms with Crippen LogP contribution in [-0.2, 0) is 10.2 Å². The van der Waals surface area contributed by atoms with Gasteiger partial charge < -0.3 is 10.6 Å². The number of likely N-dealkylation sites (N-methyl/N-ethyl adjacent to an activating group) is 1. The molecule has 3 heteroatoms. The summed E-state index contributed by atoms with van der Waals surface area (Å²) < 4.78 is 39.7. The third kappa shape index (κ3) is 1.93. The smallest absolute Gasteiger partial charge is 0.233 e. The van der Waals surface area contributed by atoms with E-state index in [0.717, 1.165) is 0 Å². The number of rotatable bonds is 5. The molecule has 0 heterocycles. The molecule has 1 aromatic carbocycles. The summed E-state index contributed by atoms with van der Waals surface area (Å²) in [7, 11) is 0. The Hall–Kier alpha value is -1.35. The van der Waals surface area contributed by atoms with Gasteiger partial charge in [-0.05, 0) is 38.3 Å². The highest BCUT2D eigenvalue weighted by Crippen LogP contribution is 2.54. The molecule has 1 amide bonds. The Bertz CT molecular complexity index is 618. The van der Waals surface area contributed by atoms with Gasteiger partial charge >= 0.3 is 0 Å². The van der Waals surface area contributed by atoms with E-state index in [0.29, 0.717) is 19.5 Å². The molecule has 1 aliphatic rings. The second-order valence-corrected chi connectivity index (χ2v) is 4.59. The van der Waals surface area contributed by atoms with E-state index in [1.54, 1.807) is 4.90 Å². The maximum Gasteiger partial charge on any atom is 0.233 e. The van der Waals surface area contributed by atoms with E-state index < -0.39 is 23.5 Å². The summed E-state index contributed by atoms with van der Waals surface area (Å²) in [5.74, 6) is -0.393. The average Bonchev–Trinajstić information content (AvgIpc) is 3.27. The van der Waals surface area contributed by atoms with E-state index in [-0.39, 0.29) is 36.0 Å². The third-order valence-corrected chi connectivity index (χ3v) is 3.77. The molecule has 2 atom stereocenters. The van der Waals surface area contributed by atoms with Crippen molar-refractivity contribution in [2.45, 2.75) is 25.7 Å². The van der Waals surface area contributed by atoms with Gasteiger partial charge in [-0.15, -0.1) is 0 Å². The topological polar surface area (TPSA) is 46.3 Å². The number of nitrogens with two attached hydrogens (primary N) is 1. The number of nitrogens with zero attached hydrogens (tertiary/aromatic N) is 1. The molecular formula is C15H22N2O. The summed E-state index contributed by atoms with van der Waals surface area (Å²) in [6.45, 7) is 4.98. The number of carbonyl (C=O) groups excluding carboxylic acids is 1. The first-order valence-electron chi connectivity index (χ1n) is 8.84. The van der Waals surface area contributed by atoms with Gasteiger partial charge in [0.15, 0.2) is 0 Å². The minimum absolute atomic E-state index is 0.0934. The fourth-order valence-corrected chi connectivity index (χ4v) is 2.56. The molecule has 0 radical (unpaired) electrons. The lowest BCUT2D eigenvalue weighted by Gasteiger charge is -2.26. The van der Waals surface area contributed by atoms with Crippen LogP contribution in [0.2, 0.25) is 0 Å². The largest absolute Gasteiger partial charge is 0.342 e. The summed E-state index contributed by atoms with van der Waals surface area (Å²) in [4.78, 5) is 14.6. The van der Waals surface area contributed by atoms with Crippen molar-refractivity contribution < 1.29 is 11.6 Å². The quantitative estimate of drug-likeness (QED) is 0.867. The Morgan fingerprint density at radius 3 is 2.50 bits per heavy atom. The SMILES string of the molecule is [2H]c1c([2H])c([2H])c([C@@]2(C(=O)N(CC)CC)C[C@@H]2CN)c([2H])c1[2H]. The standard InChI is InChI=1S/C15H22N2O/c1-3-17(4-2)14(18)15(10-13(15)11-16)12-8-6-5-7-9-12/h5-9,13H,3-4,10-11,16H2,1-2H3/t13-,15+/m1/s1/i5D,6D,7D,8D,9D. The summed E-state index contributed by atoms with van der Waals surface area (Å²) in [6, 6.07) is -1.86. The van der Waals surface area contributed by atoms with Crippen LogP contribution < -0.4 is 5.73 Å². The van der Waals surface area contributed by atoms with Crippen molar-refractivity contribution in [3.05, 3.63) is 35.8 Å². The molecule has 1 aromatic rings. The van der Waals surface area contributed by atoms with E-state index in [1.807, 2.05) is 13.8 Å². The summed E-state index contributed by atoms with van der Waals surface area (Å²) in [5.41, 5.74) is 4.75. The Morgan fingerprint density at radius 2 is 2.06 bits per heavy atom. The second-order valence-electron chi connectivity index (χ2n) is 4.59. The van der Waals surface area contributed by atoms with Crippen LogP contribution in [0.25, 0.3) is 0 Å². The maximum atomic E-state index is 13.0. The highest BCUT2D eigenvalue weighted by Gasteiger charge is 2.61. The number of hydrogen-bond donors (Lipinski definition) is 1. The van der Waals surface area contributed by atoms with Crippen LogP contribution in [0.4, 0.5) is 0 Å². The van der Waals surface area contributed by atoms with E-state index >= 15 is 0 Å². The van der Waals surface area contributed by atoms with Gasteiger partial charge in [0, 0.05) is 13.1 Å². The molecular weight excluding hydrogens is 224 g/mol. The molecule has 0 unspecified atom stereocenters. The van der Waals surface area contributed by atoms with Gasteiger partial charge in [-0.3, -0.25) is 4.79 Å². The zero-order valence-electron chi connectivity index (χ0n) is 15.8. The van der Waals surface area contributed by atoms with Crippen molar-refractivity contribution in [3.8, 4) is 0 Å². The van der Waals surface area contributed by atoms with Crippen molar-refractivity contribution in [3.63, 3.8) is 0 Å². The van der Waals surface area contributed by atoms with Crippen molar-refractivity contribution >= 4 is 5.91 Å². The Morgan fingerprint density at radius 1 is 1.44 bits per heavy atom. The Kier molecular flexibility index (Phi) is 2.25. The zero-order chi connectivity index (χ0) is 17.5. The van der Waals surface area contributed by atoms with E-state index in [4.69, 9.17) is 12.6 Å². The fraction of sp³-hybridized carbons (Fsp3) is 0.533. The lowest BCUT2D eigenvalue weighted by molar-refractivity contribution is -0.134. The highest BCUT2D eigenvalue weighted by atomic mass is 16.2. The number of benzene rings is 1. The molecule has 1 saturated carbocycles. The molecule has 3 nitrogen and oxygen atoms in total. The van der Waals surface area contributed by atoms with E-state index in [1.165, 1.54) is 0 Å². The van der Waals surface area contributed by atoms with Gasteiger partial charge in [0.1, 0.15) is 0 Å². The van der Waals surface area contributed by atoms with Crippen LogP contribution >= 0.6 is 0 Å². The predicted octanol–water partition coefficient (Wildman–Crippen LogP) is 1.77. The molecule has 2 rings (SSSR count). The number of amides is 1. The van der Waals surface area contributed by atoms with Gasteiger partial charge in [0.05, 0.1) is 12.3 Å². The molecule has 18 heavy (non-hydrogen) atoms. The molecule has 0 aromatic heterocycles. The van der Waals surface area contributed by atoms with Crippen molar-refractivity contribution in [2.75, 3.05) is 19.6 Å². The monoisotopic (exact) mass is 251 g/mol. The third-order valence-electron chi connectivity index (χ3n) is 3.77. The first kappa shape index (κ1) is 7.95. The predicted molar refractivity (Wildman–Crippen MR) is 73.2 cm³/mol. The van der Waals surface area contributed by atoms with Crippen LogP contribution in [0, 0.1) is 5.92 Å². The minimum Gasteiger partial charge on any atom is -0.342 e. The summed E-state index contributed by atoms with van der Waals surface area (Å²) in [6.07, 6.45) is 0.423. The van der Waals surface area contributed by atoms with Crippen LogP contribution in [0.15, 0.2) is 30.2 Å². The average molecular weight is 251 g/mol. The number of carbonyl (C=O) groups is 1. The van der Waals surface area contributed by atoms with Gasteiger partial charge in [0.25, 0.3) is 0 Å². The van der Waals surface area contributed by atoms with Crippen LogP contribution in [0.1, 0.15) is 32.7 Å². The van der Waals surface area contributed by atoms with Gasteiger partial charge in [-0.2, -0.15) is 0 Å². The van der Waals surface area contributed by atoms with Gasteiger partial charge in [0.2, 0.25) is 5.91 Å². The molecule has 0 bridgehead atoms. The summed E-state index contributed by atoms with van der Waals surface area (Å²) in [5, 5.41) is 0. The molecule has 1 aliphatic carbocycles. The van der Waals surface area contributed by atoms with Crippen molar-refractivity contribution in [1.29, 1.82) is 0 Å². The molecule has 1 fully saturated rings. The van der Waals surface area contributed by atoms with E-state index in [2.05, 4.69) is 0 Å². The molecule has 0 saturated heterocycles. The minimum atomic E-state index is -1.09. The second kappa shape index (κ2) is 5.11. The molecule has 0 aliphatic heterocycles. The van der Waals surface area contributed by atoms with Crippen LogP contribution in [0.5, 0.6) is 0 Å². The maximum absolute atomic E-state index is 13.0. The molecule has 0 spiro atoms. The first-order chi connectivity index (χ1) is 10.8. The first-order valence-corrected chi connectivity index (χ1v) is 6.34. The molecule has 2 N–H and O–H groups in total. The van der Waals surface area contributed by atoms with E-state index in [9.17, 15) is 4.79 Å². The Balaban J connectivity index is 2.68. The highest BCUT2D eigenvalue weighted by molar-refractivity contribution is 5.92. The number of hydrogen-bond acceptors (Lipinski definition) is 2. The Labute approximate surface area is 116 Å². The zero-order valence-corrected chi connectivity index (χ0v) is 10.8. The van der Waals surface area contributed by atoms with Crippen molar-refractivity contribution in [1.82, 2.24) is 4.90 Å². The lowest BCUT2D eigenvalue weighted by Crippen LogP contribution is -2.40. The normalized spacial score (nSPS) is 29.7. The lowest BCUT2D eigenvalue weighted by atomic mass is 9.91.